The van der Waals surface area contributed by atoms with Crippen molar-refractivity contribution in [3.05, 3.63) is 0 Å². The van der Waals surface area contributed by atoms with Gasteiger partial charge < -0.3 is 0 Å². The molecule has 76 valence electrons. The summed E-state index contributed by atoms with van der Waals surface area (Å²) in [6.45, 7) is 10.9. The molecule has 0 spiro atoms. The van der Waals surface area contributed by atoms with Crippen molar-refractivity contribution in [2.24, 2.45) is 11.8 Å². The Balaban J connectivity index is 2.16. The van der Waals surface area contributed by atoms with Gasteiger partial charge >= 0.3 is 0 Å². The second kappa shape index (κ2) is 2.98. The molecule has 1 aliphatic carbocycles. The average Bonchev–Trinajstić information content (AvgIpc) is 2.77. The Kier molecular flexibility index (Phi) is 2.18. The summed E-state index contributed by atoms with van der Waals surface area (Å²) >= 11 is 0. The van der Waals surface area contributed by atoms with Crippen LogP contribution in [0.3, 0.4) is 0 Å². The van der Waals surface area contributed by atoms with Crippen molar-refractivity contribution in [2.45, 2.75) is 58.5 Å². The second-order valence-electron chi connectivity index (χ2n) is 5.48. The van der Waals surface area contributed by atoms with Crippen LogP contribution in [0.25, 0.3) is 0 Å². The summed E-state index contributed by atoms with van der Waals surface area (Å²) in [6.07, 6.45) is 4.39. The average molecular weight is 181 g/mol. The van der Waals surface area contributed by atoms with Crippen LogP contribution in [0.5, 0.6) is 0 Å². The predicted octanol–water partition coefficient (Wildman–Crippen LogP) is 2.91. The van der Waals surface area contributed by atoms with E-state index in [4.69, 9.17) is 0 Å². The van der Waals surface area contributed by atoms with Gasteiger partial charge in [-0.15, -0.1) is 0 Å². The van der Waals surface area contributed by atoms with Crippen LogP contribution in [0.1, 0.15) is 47.0 Å². The minimum absolute atomic E-state index is 0.617. The second-order valence-corrected chi connectivity index (χ2v) is 5.48. The van der Waals surface area contributed by atoms with Gasteiger partial charge in [-0.3, -0.25) is 4.90 Å². The summed E-state index contributed by atoms with van der Waals surface area (Å²) in [5.41, 5.74) is 0.617. The maximum Gasteiger partial charge on any atom is 0.0267 e. The van der Waals surface area contributed by atoms with Gasteiger partial charge in [-0.05, 0) is 51.5 Å². The first-order chi connectivity index (χ1) is 6.09. The highest BCUT2D eigenvalue weighted by Gasteiger charge is 2.61. The molecule has 1 nitrogen and oxygen atoms in total. The molecule has 13 heavy (non-hydrogen) atoms. The summed E-state index contributed by atoms with van der Waals surface area (Å²) in [5, 5.41) is 0. The third-order valence-electron chi connectivity index (χ3n) is 4.23. The van der Waals surface area contributed by atoms with Gasteiger partial charge in [0.1, 0.15) is 0 Å². The van der Waals surface area contributed by atoms with Crippen molar-refractivity contribution in [3.8, 4) is 0 Å². The lowest BCUT2D eigenvalue weighted by molar-refractivity contribution is 0.0608. The van der Waals surface area contributed by atoms with Crippen LogP contribution in [0.2, 0.25) is 0 Å². The maximum atomic E-state index is 2.77. The number of rotatable bonds is 2. The van der Waals surface area contributed by atoms with E-state index in [0.717, 1.165) is 17.9 Å². The lowest BCUT2D eigenvalue weighted by Gasteiger charge is -2.42. The van der Waals surface area contributed by atoms with Gasteiger partial charge in [0.2, 0.25) is 0 Å². The van der Waals surface area contributed by atoms with E-state index in [1.165, 1.54) is 25.8 Å². The zero-order valence-electron chi connectivity index (χ0n) is 9.51. The van der Waals surface area contributed by atoms with Gasteiger partial charge in [-0.1, -0.05) is 13.8 Å². The smallest absolute Gasteiger partial charge is 0.0267 e. The summed E-state index contributed by atoms with van der Waals surface area (Å²) in [6, 6.07) is 0.743. The normalized spacial score (nSPS) is 39.7. The van der Waals surface area contributed by atoms with E-state index in [-0.39, 0.29) is 0 Å². The van der Waals surface area contributed by atoms with Crippen LogP contribution in [0.4, 0.5) is 0 Å². The number of fused-ring (bicyclic) bond motifs is 1. The van der Waals surface area contributed by atoms with Crippen LogP contribution in [-0.4, -0.2) is 23.0 Å². The number of piperidine rings is 1. The zero-order chi connectivity index (χ0) is 9.64. The monoisotopic (exact) mass is 181 g/mol. The highest BCUT2D eigenvalue weighted by atomic mass is 15.3. The van der Waals surface area contributed by atoms with Crippen LogP contribution in [0.15, 0.2) is 0 Å². The number of hydrogen-bond acceptors (Lipinski definition) is 1. The summed E-state index contributed by atoms with van der Waals surface area (Å²) in [5.74, 6) is 1.88. The Morgan fingerprint density at radius 3 is 2.38 bits per heavy atom. The maximum absolute atomic E-state index is 2.77. The van der Waals surface area contributed by atoms with Gasteiger partial charge in [0.05, 0.1) is 0 Å². The molecule has 0 aromatic rings. The molecule has 1 heteroatoms. The minimum atomic E-state index is 0.617. The Bertz CT molecular complexity index is 197. The van der Waals surface area contributed by atoms with E-state index >= 15 is 0 Å². The van der Waals surface area contributed by atoms with Crippen LogP contribution < -0.4 is 0 Å². The fraction of sp³-hybridized carbons (Fsp3) is 1.00. The lowest BCUT2D eigenvalue weighted by atomic mass is 9.90. The van der Waals surface area contributed by atoms with E-state index < -0.39 is 0 Å². The molecule has 2 atom stereocenters. The summed E-state index contributed by atoms with van der Waals surface area (Å²) in [4.78, 5) is 2.77. The molecule has 0 aromatic heterocycles. The van der Waals surface area contributed by atoms with Gasteiger partial charge in [0.15, 0.2) is 0 Å². The molecule has 1 saturated heterocycles. The molecule has 2 aliphatic rings. The van der Waals surface area contributed by atoms with Crippen molar-refractivity contribution >= 4 is 0 Å². The number of hydrogen-bond donors (Lipinski definition) is 0. The lowest BCUT2D eigenvalue weighted by Crippen LogP contribution is -2.49. The minimum Gasteiger partial charge on any atom is -0.295 e. The quantitative estimate of drug-likeness (QED) is 0.633. The van der Waals surface area contributed by atoms with Crippen molar-refractivity contribution in [2.75, 3.05) is 6.54 Å². The van der Waals surface area contributed by atoms with E-state index in [2.05, 4.69) is 32.6 Å². The van der Waals surface area contributed by atoms with E-state index in [1.54, 1.807) is 0 Å². The fourth-order valence-corrected chi connectivity index (χ4v) is 3.53. The molecule has 1 aliphatic heterocycles. The van der Waals surface area contributed by atoms with Gasteiger partial charge in [-0.25, -0.2) is 0 Å². The molecule has 0 aromatic carbocycles. The Morgan fingerprint density at radius 1 is 1.23 bits per heavy atom. The molecule has 1 heterocycles. The Morgan fingerprint density at radius 2 is 1.92 bits per heavy atom. The van der Waals surface area contributed by atoms with E-state index in [9.17, 15) is 0 Å². The van der Waals surface area contributed by atoms with Gasteiger partial charge in [0, 0.05) is 11.6 Å². The van der Waals surface area contributed by atoms with Crippen molar-refractivity contribution in [1.29, 1.82) is 0 Å². The van der Waals surface area contributed by atoms with Crippen LogP contribution in [-0.2, 0) is 0 Å². The first-order valence-corrected chi connectivity index (χ1v) is 5.85. The molecule has 2 rings (SSSR count). The third-order valence-corrected chi connectivity index (χ3v) is 4.23. The van der Waals surface area contributed by atoms with Crippen molar-refractivity contribution in [3.63, 3.8) is 0 Å². The SMILES string of the molecule is CC(C)N1CCCC2CC21C(C)C. The number of nitrogens with zero attached hydrogens (tertiary/aromatic N) is 1. The van der Waals surface area contributed by atoms with E-state index in [0.29, 0.717) is 5.54 Å². The molecule has 0 bridgehead atoms. The number of likely N-dealkylation sites (tertiary alicyclic amines) is 1. The highest BCUT2D eigenvalue weighted by Crippen LogP contribution is 2.58. The van der Waals surface area contributed by atoms with Crippen LogP contribution in [0, 0.1) is 11.8 Å². The highest BCUT2D eigenvalue weighted by molar-refractivity contribution is 5.15. The van der Waals surface area contributed by atoms with Gasteiger partial charge in [0.25, 0.3) is 0 Å². The van der Waals surface area contributed by atoms with Gasteiger partial charge in [-0.2, -0.15) is 0 Å². The molecular formula is C12H23N. The first-order valence-electron chi connectivity index (χ1n) is 5.85. The van der Waals surface area contributed by atoms with Crippen molar-refractivity contribution < 1.29 is 0 Å². The largest absolute Gasteiger partial charge is 0.295 e. The van der Waals surface area contributed by atoms with Crippen molar-refractivity contribution in [1.82, 2.24) is 4.90 Å². The Hall–Kier alpha value is -0.0400. The molecule has 0 N–H and O–H groups in total. The topological polar surface area (TPSA) is 3.24 Å². The summed E-state index contributed by atoms with van der Waals surface area (Å²) < 4.78 is 0. The summed E-state index contributed by atoms with van der Waals surface area (Å²) in [7, 11) is 0. The molecular weight excluding hydrogens is 158 g/mol. The zero-order valence-corrected chi connectivity index (χ0v) is 9.51. The Labute approximate surface area is 82.5 Å². The van der Waals surface area contributed by atoms with Crippen LogP contribution >= 0.6 is 0 Å². The fourth-order valence-electron chi connectivity index (χ4n) is 3.53. The molecule has 2 fully saturated rings. The van der Waals surface area contributed by atoms with E-state index in [1.807, 2.05) is 0 Å². The first kappa shape index (κ1) is 9.51. The molecule has 2 unspecified atom stereocenters. The molecule has 1 saturated carbocycles. The molecule has 0 radical (unpaired) electrons. The standard InChI is InChI=1S/C12H23N/c1-9(2)12-8-11(12)6-5-7-13(12)10(3)4/h9-11H,5-8H2,1-4H3. The third kappa shape index (κ3) is 1.24. The predicted molar refractivity (Wildman–Crippen MR) is 56.8 cm³/mol. The molecule has 0 amide bonds.